The Balaban J connectivity index is 4.40. The van der Waals surface area contributed by atoms with E-state index in [1.165, 1.54) is 25.7 Å². The molecule has 0 N–H and O–H groups in total. The molecule has 0 saturated carbocycles. The topological polar surface area (TPSA) is 78.9 Å². The minimum Gasteiger partial charge on any atom is -0.462 e. The summed E-state index contributed by atoms with van der Waals surface area (Å²) in [5, 5.41) is 0. The molecular formula is C65H100O6. The number of rotatable bonds is 48. The van der Waals surface area contributed by atoms with Gasteiger partial charge in [-0.2, -0.15) is 0 Å². The first kappa shape index (κ1) is 66.0. The normalized spacial score (nSPS) is 13.3. The summed E-state index contributed by atoms with van der Waals surface area (Å²) in [5.41, 5.74) is 0. The number of hydrogen-bond donors (Lipinski definition) is 0. The second-order valence-corrected chi connectivity index (χ2v) is 17.7. The van der Waals surface area contributed by atoms with Crippen molar-refractivity contribution in [2.45, 2.75) is 219 Å². The predicted octanol–water partition coefficient (Wildman–Crippen LogP) is 19.0. The molecule has 0 aliphatic rings. The highest BCUT2D eigenvalue weighted by Crippen LogP contribution is 2.12. The Bertz CT molecular complexity index is 1640. The van der Waals surface area contributed by atoms with Gasteiger partial charge in [0.2, 0.25) is 0 Å². The van der Waals surface area contributed by atoms with Crippen LogP contribution in [0.1, 0.15) is 213 Å². The number of allylic oxidation sites excluding steroid dienone is 26. The highest BCUT2D eigenvalue weighted by atomic mass is 16.6. The van der Waals surface area contributed by atoms with Crippen LogP contribution in [0.3, 0.4) is 0 Å². The Hall–Kier alpha value is -4.97. The summed E-state index contributed by atoms with van der Waals surface area (Å²) in [5.74, 6) is -1.06. The van der Waals surface area contributed by atoms with Crippen LogP contribution in [0.15, 0.2) is 158 Å². The molecule has 0 saturated heterocycles. The van der Waals surface area contributed by atoms with Gasteiger partial charge in [0.1, 0.15) is 13.2 Å². The average molecular weight is 978 g/mol. The highest BCUT2D eigenvalue weighted by molar-refractivity contribution is 5.71. The molecule has 1 unspecified atom stereocenters. The number of ether oxygens (including phenoxy) is 3. The molecule has 71 heavy (non-hydrogen) atoms. The largest absolute Gasteiger partial charge is 0.462 e. The lowest BCUT2D eigenvalue weighted by molar-refractivity contribution is -0.166. The van der Waals surface area contributed by atoms with Crippen LogP contribution in [0.5, 0.6) is 0 Å². The quantitative estimate of drug-likeness (QED) is 0.0262. The minimum absolute atomic E-state index is 0.126. The van der Waals surface area contributed by atoms with Crippen molar-refractivity contribution in [1.82, 2.24) is 0 Å². The minimum atomic E-state index is -0.837. The highest BCUT2D eigenvalue weighted by Gasteiger charge is 2.19. The van der Waals surface area contributed by atoms with Crippen molar-refractivity contribution in [2.75, 3.05) is 13.2 Å². The van der Waals surface area contributed by atoms with E-state index in [1.54, 1.807) is 0 Å². The molecule has 0 aliphatic heterocycles. The second-order valence-electron chi connectivity index (χ2n) is 17.7. The van der Waals surface area contributed by atoms with Gasteiger partial charge in [0.05, 0.1) is 0 Å². The molecule has 0 heterocycles. The van der Waals surface area contributed by atoms with E-state index < -0.39 is 12.1 Å². The zero-order valence-corrected chi connectivity index (χ0v) is 45.2. The summed E-state index contributed by atoms with van der Waals surface area (Å²) in [4.78, 5) is 38.0. The SMILES string of the molecule is CC/C=C\C/C=C\C/C=C\C/C=C\C/C=C\C/C=C\C/C=C\C/C=C\CCCCCCC(=O)OCC(COC(=O)CCCCCCC/C=C\CCCC)OC(=O)CC/C=C\C/C=C\C/C=C\C/C=C\CC. The second kappa shape index (κ2) is 57.6. The standard InChI is InChI=1S/C65H100O6/c1-4-7-10-13-16-19-22-24-25-26-27-28-29-30-31-32-33-34-35-36-37-38-39-41-43-46-49-52-55-58-64(67)70-61-62(60-69-63(66)57-54-51-48-45-42-21-18-15-12-9-6-3)71-65(68)59-56-53-50-47-44-40-23-20-17-14-11-8-5-2/h7-8,10-11,15-20,24-25,27-28,30-31,33-34,36-37,39-41,44,50,53,62H,4-6,9,12-14,21-23,26,29,32,35,38,42-43,45-49,51-52,54-61H2,1-3H3/b10-7-,11-8-,18-15-,19-16-,20-17-,25-24-,28-27-,31-30-,34-33-,37-36-,41-39-,44-40-,53-50-. The van der Waals surface area contributed by atoms with Gasteiger partial charge < -0.3 is 14.2 Å². The van der Waals surface area contributed by atoms with Gasteiger partial charge in [0.15, 0.2) is 6.10 Å². The molecule has 0 aromatic rings. The number of hydrogen-bond acceptors (Lipinski definition) is 6. The molecule has 0 radical (unpaired) electrons. The Labute approximate surface area is 435 Å². The maximum absolute atomic E-state index is 12.8. The third-order valence-electron chi connectivity index (χ3n) is 11.0. The first-order valence-electron chi connectivity index (χ1n) is 28.0. The summed E-state index contributed by atoms with van der Waals surface area (Å²) >= 11 is 0. The molecular weight excluding hydrogens is 877 g/mol. The van der Waals surface area contributed by atoms with Crippen molar-refractivity contribution in [3.05, 3.63) is 158 Å². The van der Waals surface area contributed by atoms with Gasteiger partial charge >= 0.3 is 17.9 Å². The van der Waals surface area contributed by atoms with Crippen LogP contribution >= 0.6 is 0 Å². The van der Waals surface area contributed by atoms with Gasteiger partial charge in [-0.1, -0.05) is 224 Å². The van der Waals surface area contributed by atoms with E-state index in [0.717, 1.165) is 141 Å². The van der Waals surface area contributed by atoms with E-state index in [-0.39, 0.29) is 31.6 Å². The van der Waals surface area contributed by atoms with Crippen LogP contribution in [-0.2, 0) is 28.6 Å². The number of esters is 3. The van der Waals surface area contributed by atoms with Crippen molar-refractivity contribution < 1.29 is 28.6 Å². The fourth-order valence-electron chi connectivity index (χ4n) is 6.86. The van der Waals surface area contributed by atoms with Crippen molar-refractivity contribution >= 4 is 17.9 Å². The van der Waals surface area contributed by atoms with Gasteiger partial charge in [0.25, 0.3) is 0 Å². The number of carbonyl (C=O) groups is 3. The lowest BCUT2D eigenvalue weighted by atomic mass is 10.1. The molecule has 0 aliphatic carbocycles. The zero-order chi connectivity index (χ0) is 51.4. The Morgan fingerprint density at radius 3 is 0.930 bits per heavy atom. The third-order valence-corrected chi connectivity index (χ3v) is 11.0. The third kappa shape index (κ3) is 55.8. The van der Waals surface area contributed by atoms with Crippen molar-refractivity contribution in [2.24, 2.45) is 0 Å². The van der Waals surface area contributed by atoms with Crippen molar-refractivity contribution in [1.29, 1.82) is 0 Å². The summed E-state index contributed by atoms with van der Waals surface area (Å²) in [6, 6.07) is 0. The molecule has 0 amide bonds. The maximum atomic E-state index is 12.8. The Morgan fingerprint density at radius 1 is 0.296 bits per heavy atom. The van der Waals surface area contributed by atoms with Gasteiger partial charge in [-0.15, -0.1) is 0 Å². The monoisotopic (exact) mass is 977 g/mol. The van der Waals surface area contributed by atoms with E-state index >= 15 is 0 Å². The Morgan fingerprint density at radius 2 is 0.577 bits per heavy atom. The summed E-state index contributed by atoms with van der Waals surface area (Å²) in [7, 11) is 0. The fourth-order valence-corrected chi connectivity index (χ4v) is 6.86. The molecule has 6 heteroatoms. The summed E-state index contributed by atoms with van der Waals surface area (Å²) < 4.78 is 16.7. The van der Waals surface area contributed by atoms with Crippen LogP contribution in [0.4, 0.5) is 0 Å². The van der Waals surface area contributed by atoms with E-state index in [4.69, 9.17) is 14.2 Å². The van der Waals surface area contributed by atoms with Crippen LogP contribution in [0.25, 0.3) is 0 Å². The summed E-state index contributed by atoms with van der Waals surface area (Å²) in [6.07, 6.45) is 84.0. The molecule has 0 rings (SSSR count). The molecule has 0 fully saturated rings. The molecule has 396 valence electrons. The summed E-state index contributed by atoms with van der Waals surface area (Å²) in [6.45, 7) is 6.25. The van der Waals surface area contributed by atoms with E-state index in [9.17, 15) is 14.4 Å². The smallest absolute Gasteiger partial charge is 0.306 e. The van der Waals surface area contributed by atoms with Gasteiger partial charge in [-0.25, -0.2) is 0 Å². The lowest BCUT2D eigenvalue weighted by Gasteiger charge is -2.18. The van der Waals surface area contributed by atoms with Gasteiger partial charge in [-0.05, 0) is 128 Å². The van der Waals surface area contributed by atoms with Crippen LogP contribution < -0.4 is 0 Å². The molecule has 0 bridgehead atoms. The van der Waals surface area contributed by atoms with Gasteiger partial charge in [0, 0.05) is 19.3 Å². The van der Waals surface area contributed by atoms with Crippen LogP contribution in [-0.4, -0.2) is 37.2 Å². The fraction of sp³-hybridized carbons (Fsp3) is 0.554. The number of carbonyl (C=O) groups excluding carboxylic acids is 3. The average Bonchev–Trinajstić information content (AvgIpc) is 3.37. The van der Waals surface area contributed by atoms with Crippen molar-refractivity contribution in [3.8, 4) is 0 Å². The predicted molar refractivity (Wildman–Crippen MR) is 306 cm³/mol. The van der Waals surface area contributed by atoms with E-state index in [1.807, 2.05) is 12.2 Å². The molecule has 0 aromatic heterocycles. The molecule has 0 aromatic carbocycles. The first-order chi connectivity index (χ1) is 35.0. The molecule has 0 spiro atoms. The maximum Gasteiger partial charge on any atom is 0.306 e. The van der Waals surface area contributed by atoms with E-state index in [0.29, 0.717) is 19.3 Å². The molecule has 1 atom stereocenters. The molecule has 6 nitrogen and oxygen atoms in total. The van der Waals surface area contributed by atoms with Crippen LogP contribution in [0, 0.1) is 0 Å². The van der Waals surface area contributed by atoms with E-state index in [2.05, 4.69) is 167 Å². The lowest BCUT2D eigenvalue weighted by Crippen LogP contribution is -2.30. The Kier molecular flexibility index (Phi) is 53.6. The zero-order valence-electron chi connectivity index (χ0n) is 45.2. The first-order valence-corrected chi connectivity index (χ1v) is 28.0. The number of unbranched alkanes of at least 4 members (excludes halogenated alkanes) is 11. The van der Waals surface area contributed by atoms with Gasteiger partial charge in [-0.3, -0.25) is 14.4 Å². The van der Waals surface area contributed by atoms with Crippen molar-refractivity contribution in [3.63, 3.8) is 0 Å². The van der Waals surface area contributed by atoms with Crippen LogP contribution in [0.2, 0.25) is 0 Å².